The van der Waals surface area contributed by atoms with E-state index < -0.39 is 16.0 Å². The number of aromatic carboxylic acids is 1. The second kappa shape index (κ2) is 11.0. The second-order valence-corrected chi connectivity index (χ2v) is 11.3. The van der Waals surface area contributed by atoms with Gasteiger partial charge in [0.15, 0.2) is 0 Å². The highest BCUT2D eigenvalue weighted by atomic mass is 32.2. The van der Waals surface area contributed by atoms with Crippen molar-refractivity contribution in [1.29, 1.82) is 0 Å². The maximum absolute atomic E-state index is 13.9. The molecule has 5 rings (SSSR count). The first-order valence-electron chi connectivity index (χ1n) is 12.5. The SMILES string of the molecule is Cc1c(C(=O)O)oc2ccc(S(=O)(=O)N(CCc3ccccc3)Cc3ccc(N4CCOCC4)cc3)cc12. The average molecular weight is 535 g/mol. The summed E-state index contributed by atoms with van der Waals surface area (Å²) in [6, 6.07) is 22.3. The fourth-order valence-corrected chi connectivity index (χ4v) is 6.19. The zero-order chi connectivity index (χ0) is 26.7. The molecule has 4 aromatic rings. The Balaban J connectivity index is 1.44. The molecule has 2 heterocycles. The van der Waals surface area contributed by atoms with Crippen molar-refractivity contribution in [3.05, 3.63) is 95.2 Å². The number of carboxylic acid groups (broad SMARTS) is 1. The molecule has 1 aliphatic heterocycles. The van der Waals surface area contributed by atoms with Gasteiger partial charge < -0.3 is 19.2 Å². The van der Waals surface area contributed by atoms with Crippen LogP contribution in [0.25, 0.3) is 11.0 Å². The van der Waals surface area contributed by atoms with Crippen LogP contribution in [0.2, 0.25) is 0 Å². The number of sulfonamides is 1. The highest BCUT2D eigenvalue weighted by molar-refractivity contribution is 7.89. The minimum absolute atomic E-state index is 0.101. The van der Waals surface area contributed by atoms with E-state index in [-0.39, 0.29) is 17.2 Å². The van der Waals surface area contributed by atoms with Gasteiger partial charge in [0.25, 0.3) is 0 Å². The van der Waals surface area contributed by atoms with Crippen molar-refractivity contribution in [2.24, 2.45) is 0 Å². The van der Waals surface area contributed by atoms with Gasteiger partial charge in [-0.2, -0.15) is 4.31 Å². The van der Waals surface area contributed by atoms with Crippen LogP contribution >= 0.6 is 0 Å². The minimum atomic E-state index is -3.90. The van der Waals surface area contributed by atoms with E-state index in [1.54, 1.807) is 6.92 Å². The molecule has 1 aromatic heterocycles. The van der Waals surface area contributed by atoms with Crippen LogP contribution < -0.4 is 4.90 Å². The topological polar surface area (TPSA) is 100 Å². The van der Waals surface area contributed by atoms with Crippen LogP contribution in [0.3, 0.4) is 0 Å². The third-order valence-corrected chi connectivity index (χ3v) is 8.75. The molecule has 1 saturated heterocycles. The van der Waals surface area contributed by atoms with Crippen LogP contribution in [0.15, 0.2) is 82.1 Å². The molecule has 38 heavy (non-hydrogen) atoms. The summed E-state index contributed by atoms with van der Waals surface area (Å²) >= 11 is 0. The van der Waals surface area contributed by atoms with E-state index in [0.717, 1.165) is 29.9 Å². The van der Waals surface area contributed by atoms with E-state index in [9.17, 15) is 18.3 Å². The Morgan fingerprint density at radius 2 is 1.68 bits per heavy atom. The maximum atomic E-state index is 13.9. The Labute approximate surface area is 222 Å². The third kappa shape index (κ3) is 5.45. The van der Waals surface area contributed by atoms with Crippen LogP contribution in [-0.2, 0) is 27.7 Å². The number of morpholine rings is 1. The summed E-state index contributed by atoms with van der Waals surface area (Å²) < 4.78 is 40.2. The van der Waals surface area contributed by atoms with Crippen LogP contribution in [0.1, 0.15) is 27.2 Å². The molecule has 0 spiro atoms. The number of hydrogen-bond donors (Lipinski definition) is 1. The number of aryl methyl sites for hydroxylation is 1. The third-order valence-electron chi connectivity index (χ3n) is 6.90. The Kier molecular flexibility index (Phi) is 7.51. The number of carboxylic acids is 1. The molecule has 3 aromatic carbocycles. The van der Waals surface area contributed by atoms with E-state index in [1.165, 1.54) is 22.5 Å². The zero-order valence-corrected chi connectivity index (χ0v) is 22.0. The summed E-state index contributed by atoms with van der Waals surface area (Å²) in [5, 5.41) is 9.87. The van der Waals surface area contributed by atoms with Gasteiger partial charge in [0.2, 0.25) is 15.8 Å². The standard InChI is InChI=1S/C29H30N2O6S/c1-21-26-19-25(11-12-27(26)37-28(21)29(32)33)38(34,35)31(14-13-22-5-3-2-4-6-22)20-23-7-9-24(10-8-23)30-15-17-36-18-16-30/h2-12,19H,13-18,20H2,1H3,(H,32,33). The summed E-state index contributed by atoms with van der Waals surface area (Å²) in [5.74, 6) is -1.37. The van der Waals surface area contributed by atoms with Gasteiger partial charge in [0, 0.05) is 42.8 Å². The smallest absolute Gasteiger partial charge is 0.372 e. The van der Waals surface area contributed by atoms with Gasteiger partial charge >= 0.3 is 5.97 Å². The molecule has 1 aliphatic rings. The molecule has 0 saturated carbocycles. The summed E-state index contributed by atoms with van der Waals surface area (Å²) in [6.45, 7) is 5.17. The number of rotatable bonds is 9. The van der Waals surface area contributed by atoms with Crippen LogP contribution in [0.4, 0.5) is 5.69 Å². The normalized spacial score (nSPS) is 14.3. The predicted octanol–water partition coefficient (Wildman–Crippen LogP) is 4.71. The van der Waals surface area contributed by atoms with E-state index in [4.69, 9.17) is 9.15 Å². The molecular formula is C29H30N2O6S. The molecular weight excluding hydrogens is 504 g/mol. The molecule has 0 unspecified atom stereocenters. The first-order valence-corrected chi connectivity index (χ1v) is 14.0. The molecule has 0 bridgehead atoms. The number of carbonyl (C=O) groups is 1. The molecule has 0 atom stereocenters. The largest absolute Gasteiger partial charge is 0.475 e. The second-order valence-electron chi connectivity index (χ2n) is 9.36. The van der Waals surface area contributed by atoms with Crippen molar-refractivity contribution in [2.75, 3.05) is 37.7 Å². The lowest BCUT2D eigenvalue weighted by Gasteiger charge is -2.29. The Morgan fingerprint density at radius 3 is 2.37 bits per heavy atom. The lowest BCUT2D eigenvalue weighted by atomic mass is 10.1. The van der Waals surface area contributed by atoms with Crippen molar-refractivity contribution in [2.45, 2.75) is 24.8 Å². The Hall–Kier alpha value is -3.66. The number of fused-ring (bicyclic) bond motifs is 1. The fourth-order valence-electron chi connectivity index (χ4n) is 4.73. The molecule has 8 nitrogen and oxygen atoms in total. The first kappa shape index (κ1) is 26.0. The summed E-state index contributed by atoms with van der Waals surface area (Å²) in [6.07, 6.45) is 0.558. The molecule has 1 fully saturated rings. The molecule has 0 amide bonds. The van der Waals surface area contributed by atoms with Gasteiger partial charge in [0.1, 0.15) is 5.58 Å². The highest BCUT2D eigenvalue weighted by Crippen LogP contribution is 2.30. The van der Waals surface area contributed by atoms with Crippen molar-refractivity contribution in [3.8, 4) is 0 Å². The van der Waals surface area contributed by atoms with Gasteiger partial charge in [-0.1, -0.05) is 42.5 Å². The Morgan fingerprint density at radius 1 is 0.974 bits per heavy atom. The van der Waals surface area contributed by atoms with Crippen molar-refractivity contribution >= 4 is 32.6 Å². The van der Waals surface area contributed by atoms with Crippen LogP contribution in [-0.4, -0.2) is 56.6 Å². The monoisotopic (exact) mass is 534 g/mol. The first-order chi connectivity index (χ1) is 18.3. The maximum Gasteiger partial charge on any atom is 0.372 e. The number of nitrogens with zero attached hydrogens (tertiary/aromatic N) is 2. The average Bonchev–Trinajstić information content (AvgIpc) is 3.28. The van der Waals surface area contributed by atoms with E-state index in [0.29, 0.717) is 42.7 Å². The molecule has 9 heteroatoms. The van der Waals surface area contributed by atoms with Gasteiger partial charge in [0.05, 0.1) is 18.1 Å². The Bertz CT molecular complexity index is 1520. The number of ether oxygens (including phenoxy) is 1. The summed E-state index contributed by atoms with van der Waals surface area (Å²) in [5.41, 5.74) is 3.76. The van der Waals surface area contributed by atoms with Gasteiger partial charge in [-0.05, 0) is 54.8 Å². The number of anilines is 1. The number of furan rings is 1. The van der Waals surface area contributed by atoms with Crippen molar-refractivity contribution in [3.63, 3.8) is 0 Å². The lowest BCUT2D eigenvalue weighted by molar-refractivity contribution is 0.0664. The van der Waals surface area contributed by atoms with Crippen LogP contribution in [0, 0.1) is 6.92 Å². The number of hydrogen-bond acceptors (Lipinski definition) is 6. The lowest BCUT2D eigenvalue weighted by Crippen LogP contribution is -2.36. The zero-order valence-electron chi connectivity index (χ0n) is 21.2. The summed E-state index contributed by atoms with van der Waals surface area (Å²) in [7, 11) is -3.90. The molecule has 0 aliphatic carbocycles. The van der Waals surface area contributed by atoms with Crippen LogP contribution in [0.5, 0.6) is 0 Å². The van der Waals surface area contributed by atoms with Gasteiger partial charge in [-0.25, -0.2) is 13.2 Å². The van der Waals surface area contributed by atoms with E-state index in [2.05, 4.69) is 4.90 Å². The molecule has 1 N–H and O–H groups in total. The quantitative estimate of drug-likeness (QED) is 0.332. The van der Waals surface area contributed by atoms with E-state index in [1.807, 2.05) is 54.6 Å². The summed E-state index contributed by atoms with van der Waals surface area (Å²) in [4.78, 5) is 13.9. The fraction of sp³-hybridized carbons (Fsp3) is 0.276. The van der Waals surface area contributed by atoms with Gasteiger partial charge in [-0.3, -0.25) is 0 Å². The predicted molar refractivity (Wildman–Crippen MR) is 145 cm³/mol. The molecule has 0 radical (unpaired) electrons. The van der Waals surface area contributed by atoms with Gasteiger partial charge in [-0.15, -0.1) is 0 Å². The number of benzene rings is 3. The minimum Gasteiger partial charge on any atom is -0.475 e. The molecule has 198 valence electrons. The highest BCUT2D eigenvalue weighted by Gasteiger charge is 2.27. The van der Waals surface area contributed by atoms with Crippen molar-refractivity contribution in [1.82, 2.24) is 4.31 Å². The van der Waals surface area contributed by atoms with E-state index >= 15 is 0 Å². The van der Waals surface area contributed by atoms with Crippen molar-refractivity contribution < 1.29 is 27.5 Å².